The first-order valence-corrected chi connectivity index (χ1v) is 6.41. The summed E-state index contributed by atoms with van der Waals surface area (Å²) in [7, 11) is 0. The highest BCUT2D eigenvalue weighted by Crippen LogP contribution is 2.26. The van der Waals surface area contributed by atoms with Gasteiger partial charge in [-0.25, -0.2) is 13.2 Å². The molecule has 0 aliphatic heterocycles. The number of hydrogen-bond acceptors (Lipinski definition) is 1. The number of benzene rings is 2. The van der Waals surface area contributed by atoms with Crippen molar-refractivity contribution in [3.8, 4) is 0 Å². The van der Waals surface area contributed by atoms with Crippen molar-refractivity contribution in [2.45, 2.75) is 12.5 Å². The van der Waals surface area contributed by atoms with Gasteiger partial charge in [0.2, 0.25) is 0 Å². The molecule has 0 amide bonds. The average molecular weight is 330 g/mol. The van der Waals surface area contributed by atoms with E-state index in [1.165, 1.54) is 24.3 Å². The van der Waals surface area contributed by atoms with Gasteiger partial charge in [-0.1, -0.05) is 28.1 Å². The lowest BCUT2D eigenvalue weighted by atomic mass is 9.99. The van der Waals surface area contributed by atoms with Crippen LogP contribution in [0.3, 0.4) is 0 Å². The molecular weight excluding hydrogens is 319 g/mol. The van der Waals surface area contributed by atoms with Crippen LogP contribution in [0.4, 0.5) is 13.2 Å². The Bertz CT molecular complexity index is 581. The lowest BCUT2D eigenvalue weighted by Crippen LogP contribution is -2.17. The van der Waals surface area contributed by atoms with Gasteiger partial charge in [0, 0.05) is 16.1 Å². The van der Waals surface area contributed by atoms with Gasteiger partial charge in [-0.3, -0.25) is 0 Å². The average Bonchev–Trinajstić information content (AvgIpc) is 2.32. The summed E-state index contributed by atoms with van der Waals surface area (Å²) in [5.74, 6) is -1.74. The molecule has 0 aliphatic carbocycles. The van der Waals surface area contributed by atoms with E-state index in [1.54, 1.807) is 0 Å². The lowest BCUT2D eigenvalue weighted by Gasteiger charge is -2.15. The van der Waals surface area contributed by atoms with Crippen LogP contribution < -0.4 is 5.73 Å². The minimum Gasteiger partial charge on any atom is -0.323 e. The molecule has 0 aromatic heterocycles. The summed E-state index contributed by atoms with van der Waals surface area (Å²) >= 11 is 3.20. The number of rotatable bonds is 3. The van der Waals surface area contributed by atoms with Gasteiger partial charge >= 0.3 is 0 Å². The van der Waals surface area contributed by atoms with Crippen LogP contribution in [0.2, 0.25) is 0 Å². The van der Waals surface area contributed by atoms with Crippen LogP contribution in [-0.4, -0.2) is 0 Å². The second-order valence-corrected chi connectivity index (χ2v) is 5.04. The first kappa shape index (κ1) is 14.1. The van der Waals surface area contributed by atoms with Gasteiger partial charge in [0.15, 0.2) is 0 Å². The Morgan fingerprint density at radius 3 is 2.26 bits per heavy atom. The van der Waals surface area contributed by atoms with Gasteiger partial charge in [-0.05, 0) is 36.2 Å². The maximum absolute atomic E-state index is 13.6. The minimum absolute atomic E-state index is 0.154. The van der Waals surface area contributed by atoms with E-state index >= 15 is 0 Å². The predicted octanol–water partition coefficient (Wildman–Crippen LogP) is 4.11. The zero-order valence-corrected chi connectivity index (χ0v) is 11.4. The Balaban J connectivity index is 2.28. The predicted molar refractivity (Wildman–Crippen MR) is 71.1 cm³/mol. The molecule has 2 N–H and O–H groups in total. The topological polar surface area (TPSA) is 26.0 Å². The van der Waals surface area contributed by atoms with Crippen LogP contribution in [0.5, 0.6) is 0 Å². The Labute approximate surface area is 117 Å². The van der Waals surface area contributed by atoms with E-state index in [9.17, 15) is 13.2 Å². The maximum Gasteiger partial charge on any atom is 0.130 e. The molecule has 0 saturated heterocycles. The highest BCUT2D eigenvalue weighted by atomic mass is 79.9. The van der Waals surface area contributed by atoms with Crippen molar-refractivity contribution in [1.29, 1.82) is 0 Å². The number of nitrogens with two attached hydrogens (primary N) is 1. The van der Waals surface area contributed by atoms with Gasteiger partial charge in [0.1, 0.15) is 17.5 Å². The first-order chi connectivity index (χ1) is 8.99. The van der Waals surface area contributed by atoms with Crippen molar-refractivity contribution in [3.05, 3.63) is 69.4 Å². The van der Waals surface area contributed by atoms with E-state index in [2.05, 4.69) is 15.9 Å². The summed E-state index contributed by atoms with van der Waals surface area (Å²) in [6.45, 7) is 0. The molecule has 0 heterocycles. The van der Waals surface area contributed by atoms with E-state index < -0.39 is 17.7 Å². The van der Waals surface area contributed by atoms with E-state index in [0.717, 1.165) is 12.1 Å². The maximum atomic E-state index is 13.6. The Hall–Kier alpha value is -1.33. The highest BCUT2D eigenvalue weighted by molar-refractivity contribution is 9.10. The molecule has 2 aromatic rings. The van der Waals surface area contributed by atoms with Gasteiger partial charge in [-0.15, -0.1) is 0 Å². The van der Waals surface area contributed by atoms with Crippen LogP contribution >= 0.6 is 15.9 Å². The summed E-state index contributed by atoms with van der Waals surface area (Å²) in [5.41, 5.74) is 6.38. The van der Waals surface area contributed by atoms with E-state index in [-0.39, 0.29) is 17.8 Å². The second-order valence-electron chi connectivity index (χ2n) is 4.18. The fourth-order valence-corrected chi connectivity index (χ4v) is 2.40. The molecule has 1 unspecified atom stereocenters. The monoisotopic (exact) mass is 329 g/mol. The zero-order chi connectivity index (χ0) is 14.0. The molecule has 2 rings (SSSR count). The van der Waals surface area contributed by atoms with Crippen molar-refractivity contribution in [3.63, 3.8) is 0 Å². The molecule has 0 spiro atoms. The van der Waals surface area contributed by atoms with Crippen molar-refractivity contribution in [2.24, 2.45) is 5.73 Å². The van der Waals surface area contributed by atoms with Crippen LogP contribution in [0.1, 0.15) is 17.2 Å². The molecule has 0 radical (unpaired) electrons. The molecule has 100 valence electrons. The minimum atomic E-state index is -0.831. The third-order valence-electron chi connectivity index (χ3n) is 2.83. The van der Waals surface area contributed by atoms with Gasteiger partial charge < -0.3 is 5.73 Å². The number of halogens is 4. The van der Waals surface area contributed by atoms with Crippen LogP contribution in [-0.2, 0) is 6.42 Å². The molecule has 5 heteroatoms. The second kappa shape index (κ2) is 5.75. The van der Waals surface area contributed by atoms with Crippen molar-refractivity contribution in [1.82, 2.24) is 0 Å². The quantitative estimate of drug-likeness (QED) is 0.901. The smallest absolute Gasteiger partial charge is 0.130 e. The van der Waals surface area contributed by atoms with E-state index in [0.29, 0.717) is 10.0 Å². The molecule has 1 atom stereocenters. The van der Waals surface area contributed by atoms with Crippen molar-refractivity contribution >= 4 is 15.9 Å². The third kappa shape index (κ3) is 3.16. The SMILES string of the molecule is NC(Cc1ccc(F)cc1Br)c1c(F)cccc1F. The zero-order valence-electron chi connectivity index (χ0n) is 9.84. The summed E-state index contributed by atoms with van der Waals surface area (Å²) in [4.78, 5) is 0. The van der Waals surface area contributed by atoms with E-state index in [1.807, 2.05) is 0 Å². The molecule has 0 saturated carbocycles. The van der Waals surface area contributed by atoms with Crippen molar-refractivity contribution in [2.75, 3.05) is 0 Å². The standard InChI is InChI=1S/C14H11BrF3N/c15-10-7-9(16)5-4-8(10)6-13(19)14-11(17)2-1-3-12(14)18/h1-5,7,13H,6,19H2. The molecule has 0 aliphatic rings. The first-order valence-electron chi connectivity index (χ1n) is 5.62. The Morgan fingerprint density at radius 1 is 1.05 bits per heavy atom. The fraction of sp³-hybridized carbons (Fsp3) is 0.143. The Kier molecular flexibility index (Phi) is 4.27. The number of hydrogen-bond donors (Lipinski definition) is 1. The van der Waals surface area contributed by atoms with Crippen LogP contribution in [0, 0.1) is 17.5 Å². The molecule has 19 heavy (non-hydrogen) atoms. The largest absolute Gasteiger partial charge is 0.323 e. The molecule has 0 bridgehead atoms. The normalized spacial score (nSPS) is 12.5. The van der Waals surface area contributed by atoms with Crippen LogP contribution in [0.25, 0.3) is 0 Å². The Morgan fingerprint density at radius 2 is 1.68 bits per heavy atom. The third-order valence-corrected chi connectivity index (χ3v) is 3.56. The van der Waals surface area contributed by atoms with Gasteiger partial charge in [-0.2, -0.15) is 0 Å². The summed E-state index contributed by atoms with van der Waals surface area (Å²) < 4.78 is 40.6. The lowest BCUT2D eigenvalue weighted by molar-refractivity contribution is 0.524. The van der Waals surface area contributed by atoms with Gasteiger partial charge in [0.05, 0.1) is 0 Å². The van der Waals surface area contributed by atoms with Crippen LogP contribution in [0.15, 0.2) is 40.9 Å². The van der Waals surface area contributed by atoms with Gasteiger partial charge in [0.25, 0.3) is 0 Å². The molecule has 2 aromatic carbocycles. The summed E-state index contributed by atoms with van der Waals surface area (Å²) in [6, 6.07) is 6.90. The molecular formula is C14H11BrF3N. The van der Waals surface area contributed by atoms with Crippen molar-refractivity contribution < 1.29 is 13.2 Å². The highest BCUT2D eigenvalue weighted by Gasteiger charge is 2.17. The molecule has 1 nitrogen and oxygen atoms in total. The molecule has 0 fully saturated rings. The fourth-order valence-electron chi connectivity index (χ4n) is 1.89. The summed E-state index contributed by atoms with van der Waals surface area (Å²) in [5, 5.41) is 0. The van der Waals surface area contributed by atoms with E-state index in [4.69, 9.17) is 5.73 Å². The summed E-state index contributed by atoms with van der Waals surface area (Å²) in [6.07, 6.45) is 0.207.